The maximum Gasteiger partial charge on any atom is 0.272 e. The Balaban J connectivity index is 1.18. The van der Waals surface area contributed by atoms with E-state index < -0.39 is 11.8 Å². The molecule has 11 heteroatoms. The van der Waals surface area contributed by atoms with Crippen LogP contribution in [0.3, 0.4) is 0 Å². The normalized spacial score (nSPS) is 11.1. The molecule has 0 bridgehead atoms. The van der Waals surface area contributed by atoms with Gasteiger partial charge < -0.3 is 16.0 Å². The predicted octanol–water partition coefficient (Wildman–Crippen LogP) is 7.74. The van der Waals surface area contributed by atoms with Crippen molar-refractivity contribution < 1.29 is 18.8 Å². The summed E-state index contributed by atoms with van der Waals surface area (Å²) >= 11 is 8.61. The van der Waals surface area contributed by atoms with E-state index in [9.17, 15) is 18.8 Å². The highest BCUT2D eigenvalue weighted by molar-refractivity contribution is 8.00. The Morgan fingerprint density at radius 3 is 2.27 bits per heavy atom. The Hall–Kier alpha value is -4.77. The number of nitrogens with zero attached hydrogens (tertiary/aromatic N) is 1. The van der Waals surface area contributed by atoms with Crippen molar-refractivity contribution in [3.05, 3.63) is 136 Å². The zero-order chi connectivity index (χ0) is 30.9. The number of nitrogens with one attached hydrogen (secondary N) is 3. The average molecular weight is 643 g/mol. The molecule has 0 radical (unpaired) electrons. The first-order valence-corrected chi connectivity index (χ1v) is 15.5. The lowest BCUT2D eigenvalue weighted by molar-refractivity contribution is -0.114. The number of thioether (sulfide) groups is 1. The third-order valence-corrected chi connectivity index (χ3v) is 8.10. The summed E-state index contributed by atoms with van der Waals surface area (Å²) < 4.78 is 13.2. The summed E-state index contributed by atoms with van der Waals surface area (Å²) in [4.78, 5) is 43.8. The lowest BCUT2D eigenvalue weighted by Crippen LogP contribution is -2.30. The zero-order valence-corrected chi connectivity index (χ0v) is 25.3. The Morgan fingerprint density at radius 2 is 1.57 bits per heavy atom. The number of benzene rings is 4. The maximum absolute atomic E-state index is 13.2. The Bertz CT molecular complexity index is 1790. The molecule has 1 aromatic heterocycles. The maximum atomic E-state index is 13.2. The van der Waals surface area contributed by atoms with E-state index in [0.29, 0.717) is 32.7 Å². The smallest absolute Gasteiger partial charge is 0.272 e. The van der Waals surface area contributed by atoms with E-state index >= 15 is 0 Å². The fourth-order valence-corrected chi connectivity index (χ4v) is 5.45. The van der Waals surface area contributed by atoms with Gasteiger partial charge in [0.25, 0.3) is 11.8 Å². The van der Waals surface area contributed by atoms with Gasteiger partial charge >= 0.3 is 0 Å². The highest BCUT2D eigenvalue weighted by atomic mass is 35.5. The molecule has 5 rings (SSSR count). The van der Waals surface area contributed by atoms with Crippen LogP contribution in [0.4, 0.5) is 15.2 Å². The Labute approximate surface area is 266 Å². The van der Waals surface area contributed by atoms with E-state index in [4.69, 9.17) is 11.6 Å². The topological polar surface area (TPSA) is 100 Å². The molecule has 0 aliphatic carbocycles. The number of hydrogen-bond acceptors (Lipinski definition) is 6. The van der Waals surface area contributed by atoms with Gasteiger partial charge in [-0.15, -0.1) is 23.1 Å². The molecule has 0 atom stereocenters. The van der Waals surface area contributed by atoms with Crippen molar-refractivity contribution in [1.29, 1.82) is 0 Å². The van der Waals surface area contributed by atoms with Gasteiger partial charge in [-0.05, 0) is 84.4 Å². The van der Waals surface area contributed by atoms with Crippen molar-refractivity contribution in [3.63, 3.8) is 0 Å². The van der Waals surface area contributed by atoms with E-state index in [1.54, 1.807) is 102 Å². The lowest BCUT2D eigenvalue weighted by atomic mass is 10.1. The summed E-state index contributed by atoms with van der Waals surface area (Å²) in [6, 6.07) is 28.5. The number of carbonyl (C=O) groups is 3. The van der Waals surface area contributed by atoms with E-state index in [-0.39, 0.29) is 23.2 Å². The van der Waals surface area contributed by atoms with Crippen LogP contribution < -0.4 is 16.0 Å². The molecule has 3 N–H and O–H groups in total. The summed E-state index contributed by atoms with van der Waals surface area (Å²) in [5, 5.41) is 11.1. The zero-order valence-electron chi connectivity index (χ0n) is 22.9. The second-order valence-electron chi connectivity index (χ2n) is 9.29. The van der Waals surface area contributed by atoms with Crippen molar-refractivity contribution >= 4 is 69.3 Å². The lowest BCUT2D eigenvalue weighted by Gasteiger charge is -2.12. The average Bonchev–Trinajstić information content (AvgIpc) is 3.50. The van der Waals surface area contributed by atoms with Gasteiger partial charge in [-0.3, -0.25) is 14.4 Å². The standard InChI is InChI=1S/C33H24ClFN4O3S2/c34-24-10-6-21(7-11-24)18-28(37-31(41)23-4-2-1-3-5-23)32(42)36-26-14-16-27(17-15-26)43-20-30(40)39-33-38-29(19-44-33)22-8-12-25(35)13-9-22/h1-19H,20H2,(H,36,42)(H,37,41)(H,38,39,40)/b28-18-. The van der Waals surface area contributed by atoms with Crippen LogP contribution >= 0.6 is 34.7 Å². The first kappa shape index (κ1) is 30.7. The van der Waals surface area contributed by atoms with Crippen LogP contribution in [-0.2, 0) is 9.59 Å². The van der Waals surface area contributed by atoms with Crippen molar-refractivity contribution in [2.45, 2.75) is 4.90 Å². The van der Waals surface area contributed by atoms with Gasteiger partial charge in [0.15, 0.2) is 5.13 Å². The summed E-state index contributed by atoms with van der Waals surface area (Å²) in [6.45, 7) is 0. The number of anilines is 2. The molecule has 5 aromatic rings. The van der Waals surface area contributed by atoms with Gasteiger partial charge in [0.2, 0.25) is 5.91 Å². The minimum absolute atomic E-state index is 0.0565. The molecule has 0 saturated carbocycles. The number of thiazole rings is 1. The van der Waals surface area contributed by atoms with E-state index in [1.807, 2.05) is 0 Å². The van der Waals surface area contributed by atoms with Crippen LogP contribution in [0.2, 0.25) is 5.02 Å². The summed E-state index contributed by atoms with van der Waals surface area (Å²) in [7, 11) is 0. The molecule has 0 aliphatic rings. The van der Waals surface area contributed by atoms with Crippen molar-refractivity contribution in [2.24, 2.45) is 0 Å². The number of aromatic nitrogens is 1. The van der Waals surface area contributed by atoms with Gasteiger partial charge in [-0.1, -0.05) is 41.9 Å². The fraction of sp³-hybridized carbons (Fsp3) is 0.0303. The third-order valence-electron chi connectivity index (χ3n) is 6.08. The quantitative estimate of drug-likeness (QED) is 0.107. The SMILES string of the molecule is O=C(CSc1ccc(NC(=O)/C(=C/c2ccc(Cl)cc2)NC(=O)c2ccccc2)cc1)Nc1nc(-c2ccc(F)cc2)cs1. The van der Waals surface area contributed by atoms with Crippen molar-refractivity contribution in [2.75, 3.05) is 16.4 Å². The van der Waals surface area contributed by atoms with Gasteiger partial charge in [-0.2, -0.15) is 0 Å². The molecule has 1 heterocycles. The molecule has 0 aliphatic heterocycles. The Morgan fingerprint density at radius 1 is 0.864 bits per heavy atom. The molecule has 0 saturated heterocycles. The first-order chi connectivity index (χ1) is 21.3. The van der Waals surface area contributed by atoms with Gasteiger partial charge in [0, 0.05) is 32.1 Å². The Kier molecular flexibility index (Phi) is 10.2. The molecule has 7 nitrogen and oxygen atoms in total. The third kappa shape index (κ3) is 8.63. The molecule has 0 fully saturated rings. The van der Waals surface area contributed by atoms with E-state index in [2.05, 4.69) is 20.9 Å². The van der Waals surface area contributed by atoms with Crippen LogP contribution in [0.1, 0.15) is 15.9 Å². The first-order valence-electron chi connectivity index (χ1n) is 13.2. The highest BCUT2D eigenvalue weighted by Gasteiger charge is 2.15. The van der Waals surface area contributed by atoms with Crippen LogP contribution in [0.5, 0.6) is 0 Å². The molecule has 3 amide bonds. The number of carbonyl (C=O) groups excluding carboxylic acids is 3. The van der Waals surface area contributed by atoms with Crippen LogP contribution in [-0.4, -0.2) is 28.5 Å². The van der Waals surface area contributed by atoms with Gasteiger partial charge in [-0.25, -0.2) is 9.37 Å². The number of rotatable bonds is 10. The highest BCUT2D eigenvalue weighted by Crippen LogP contribution is 2.26. The van der Waals surface area contributed by atoms with Crippen LogP contribution in [0, 0.1) is 5.82 Å². The van der Waals surface area contributed by atoms with Crippen LogP contribution in [0.15, 0.2) is 119 Å². The number of halogens is 2. The van der Waals surface area contributed by atoms with Gasteiger partial charge in [0.05, 0.1) is 11.4 Å². The molecule has 0 unspecified atom stereocenters. The summed E-state index contributed by atoms with van der Waals surface area (Å²) in [6.07, 6.45) is 1.57. The molecule has 0 spiro atoms. The van der Waals surface area contributed by atoms with E-state index in [0.717, 1.165) is 10.5 Å². The predicted molar refractivity (Wildman–Crippen MR) is 175 cm³/mol. The molecular weight excluding hydrogens is 619 g/mol. The molecule has 4 aromatic carbocycles. The summed E-state index contributed by atoms with van der Waals surface area (Å²) in [5.41, 5.74) is 3.08. The van der Waals surface area contributed by atoms with Crippen molar-refractivity contribution in [1.82, 2.24) is 10.3 Å². The van der Waals surface area contributed by atoms with E-state index in [1.165, 1.54) is 35.2 Å². The second kappa shape index (κ2) is 14.6. The summed E-state index contributed by atoms with van der Waals surface area (Å²) in [5.74, 6) is -1.33. The number of hydrogen-bond donors (Lipinski definition) is 3. The number of amides is 3. The molecular formula is C33H24ClFN4O3S2. The van der Waals surface area contributed by atoms with Crippen LogP contribution in [0.25, 0.3) is 17.3 Å². The molecule has 44 heavy (non-hydrogen) atoms. The van der Waals surface area contributed by atoms with Crippen molar-refractivity contribution in [3.8, 4) is 11.3 Å². The minimum Gasteiger partial charge on any atom is -0.321 e. The second-order valence-corrected chi connectivity index (χ2v) is 11.6. The molecule has 220 valence electrons. The largest absolute Gasteiger partial charge is 0.321 e. The monoisotopic (exact) mass is 642 g/mol. The van der Waals surface area contributed by atoms with Gasteiger partial charge in [0.1, 0.15) is 11.5 Å². The fourth-order valence-electron chi connectivity index (χ4n) is 3.89. The minimum atomic E-state index is -0.507.